The molecule has 0 N–H and O–H groups in total. The second-order valence-electron chi connectivity index (χ2n) is 7.97. The zero-order valence-corrected chi connectivity index (χ0v) is 16.1. The van der Waals surface area contributed by atoms with E-state index < -0.39 is 0 Å². The molecule has 8 heteroatoms. The first-order valence-corrected chi connectivity index (χ1v) is 10.1. The molecular weight excluding hydrogens is 368 g/mol. The Balaban J connectivity index is 1.45. The molecule has 1 saturated heterocycles. The number of hydrogen-bond donors (Lipinski definition) is 0. The van der Waals surface area contributed by atoms with Crippen molar-refractivity contribution >= 4 is 5.91 Å². The van der Waals surface area contributed by atoms with Crippen LogP contribution in [0, 0.1) is 5.92 Å². The minimum absolute atomic E-state index is 0.140. The maximum atomic E-state index is 13.0. The van der Waals surface area contributed by atoms with Crippen LogP contribution in [0.5, 0.6) is 0 Å². The van der Waals surface area contributed by atoms with Crippen molar-refractivity contribution in [1.82, 2.24) is 30.0 Å². The number of carbonyl (C=O) groups excluding carboxylic acids is 1. The van der Waals surface area contributed by atoms with Gasteiger partial charge in [0.1, 0.15) is 5.69 Å². The molecule has 2 fully saturated rings. The van der Waals surface area contributed by atoms with Gasteiger partial charge in [0.15, 0.2) is 5.82 Å². The van der Waals surface area contributed by atoms with E-state index in [1.165, 1.54) is 12.8 Å². The van der Waals surface area contributed by atoms with E-state index in [2.05, 4.69) is 20.1 Å². The second-order valence-corrected chi connectivity index (χ2v) is 7.97. The normalized spacial score (nSPS) is 21.9. The highest BCUT2D eigenvalue weighted by Crippen LogP contribution is 2.46. The number of aromatic nitrogens is 5. The molecule has 148 valence electrons. The number of amides is 1. The molecule has 5 rings (SSSR count). The molecule has 0 radical (unpaired) electrons. The predicted molar refractivity (Wildman–Crippen MR) is 104 cm³/mol. The Morgan fingerprint density at radius 2 is 1.97 bits per heavy atom. The molecule has 3 aromatic heterocycles. The van der Waals surface area contributed by atoms with Gasteiger partial charge in [0.25, 0.3) is 11.8 Å². The number of rotatable bonds is 5. The van der Waals surface area contributed by atoms with Crippen LogP contribution in [-0.2, 0) is 5.41 Å². The van der Waals surface area contributed by atoms with Crippen LogP contribution in [0.3, 0.4) is 0 Å². The lowest BCUT2D eigenvalue weighted by molar-refractivity contribution is 0.0595. The van der Waals surface area contributed by atoms with Crippen LogP contribution in [0.25, 0.3) is 11.6 Å². The predicted octanol–water partition coefficient (Wildman–Crippen LogP) is 2.90. The molecule has 0 bridgehead atoms. The number of piperidine rings is 1. The van der Waals surface area contributed by atoms with Crippen LogP contribution in [0.15, 0.2) is 47.4 Å². The fourth-order valence-electron chi connectivity index (χ4n) is 4.20. The van der Waals surface area contributed by atoms with Gasteiger partial charge in [-0.15, -0.1) is 0 Å². The summed E-state index contributed by atoms with van der Waals surface area (Å²) in [5, 5.41) is 4.34. The van der Waals surface area contributed by atoms with E-state index in [9.17, 15) is 4.79 Å². The summed E-state index contributed by atoms with van der Waals surface area (Å²) in [5.74, 6) is 1.85. The third kappa shape index (κ3) is 3.62. The summed E-state index contributed by atoms with van der Waals surface area (Å²) in [6.07, 6.45) is 10.1. The van der Waals surface area contributed by atoms with E-state index in [-0.39, 0.29) is 17.1 Å². The smallest absolute Gasteiger partial charge is 0.291 e. The minimum atomic E-state index is -0.305. The van der Waals surface area contributed by atoms with Crippen LogP contribution in [-0.4, -0.2) is 49.0 Å². The average molecular weight is 390 g/mol. The molecular formula is C21H22N6O2. The summed E-state index contributed by atoms with van der Waals surface area (Å²) in [5.41, 5.74) is 0.356. The van der Waals surface area contributed by atoms with Gasteiger partial charge in [0.05, 0.1) is 5.41 Å². The summed E-state index contributed by atoms with van der Waals surface area (Å²) >= 11 is 0. The average Bonchev–Trinajstić information content (AvgIpc) is 3.44. The Kier molecular flexibility index (Phi) is 4.54. The third-order valence-electron chi connectivity index (χ3n) is 5.78. The fourth-order valence-corrected chi connectivity index (χ4v) is 4.20. The van der Waals surface area contributed by atoms with Gasteiger partial charge in [-0.25, -0.2) is 9.97 Å². The van der Waals surface area contributed by atoms with E-state index in [0.717, 1.165) is 19.3 Å². The summed E-state index contributed by atoms with van der Waals surface area (Å²) in [6, 6.07) is 7.32. The highest BCUT2D eigenvalue weighted by Gasteiger charge is 2.46. The zero-order chi connectivity index (χ0) is 19.7. The lowest BCUT2D eigenvalue weighted by atomic mass is 9.74. The van der Waals surface area contributed by atoms with E-state index in [1.54, 1.807) is 24.7 Å². The molecule has 3 aromatic rings. The van der Waals surface area contributed by atoms with Gasteiger partial charge in [0, 0.05) is 31.7 Å². The molecule has 1 aliphatic heterocycles. The molecule has 1 atom stereocenters. The van der Waals surface area contributed by atoms with Crippen LogP contribution in [0.4, 0.5) is 0 Å². The van der Waals surface area contributed by atoms with Crippen LogP contribution < -0.4 is 0 Å². The number of pyridine rings is 1. The van der Waals surface area contributed by atoms with Gasteiger partial charge in [-0.05, 0) is 43.4 Å². The van der Waals surface area contributed by atoms with E-state index in [4.69, 9.17) is 9.51 Å². The minimum Gasteiger partial charge on any atom is -0.335 e. The topological polar surface area (TPSA) is 97.9 Å². The molecule has 2 aliphatic rings. The lowest BCUT2D eigenvalue weighted by Crippen LogP contribution is -2.49. The molecule has 4 heterocycles. The highest BCUT2D eigenvalue weighted by atomic mass is 16.5. The van der Waals surface area contributed by atoms with Gasteiger partial charge in [-0.3, -0.25) is 9.78 Å². The zero-order valence-electron chi connectivity index (χ0n) is 16.1. The van der Waals surface area contributed by atoms with E-state index in [1.807, 2.05) is 23.1 Å². The molecule has 8 nitrogen and oxygen atoms in total. The maximum absolute atomic E-state index is 13.0. The van der Waals surface area contributed by atoms with Gasteiger partial charge >= 0.3 is 0 Å². The SMILES string of the molecule is O=C(c1ncccn1)N1CCCC(CC2CC2)(c2noc(-c3ccccn3)n2)C1. The van der Waals surface area contributed by atoms with Crippen LogP contribution in [0.1, 0.15) is 48.5 Å². The Morgan fingerprint density at radius 1 is 1.14 bits per heavy atom. The van der Waals surface area contributed by atoms with Crippen molar-refractivity contribution in [3.05, 3.63) is 54.5 Å². The third-order valence-corrected chi connectivity index (χ3v) is 5.78. The Bertz CT molecular complexity index is 989. The number of likely N-dealkylation sites (tertiary alicyclic amines) is 1. The van der Waals surface area contributed by atoms with E-state index in [0.29, 0.717) is 36.4 Å². The highest BCUT2D eigenvalue weighted by molar-refractivity contribution is 5.90. The largest absolute Gasteiger partial charge is 0.335 e. The standard InChI is InChI=1S/C21H22N6O2/c28-19(17-23-10-4-11-24-17)27-12-3-8-21(14-27,13-15-6-7-15)20-25-18(29-26-20)16-5-1-2-9-22-16/h1-2,4-5,9-11,15H,3,6-8,12-14H2. The first kappa shape index (κ1) is 17.9. The van der Waals surface area contributed by atoms with Gasteiger partial charge < -0.3 is 9.42 Å². The molecule has 1 aliphatic carbocycles. The van der Waals surface area contributed by atoms with Gasteiger partial charge in [0.2, 0.25) is 5.82 Å². The summed E-state index contributed by atoms with van der Waals surface area (Å²) < 4.78 is 5.56. The molecule has 0 spiro atoms. The van der Waals surface area contributed by atoms with Crippen LogP contribution >= 0.6 is 0 Å². The number of nitrogens with zero attached hydrogens (tertiary/aromatic N) is 6. The van der Waals surface area contributed by atoms with E-state index >= 15 is 0 Å². The number of carbonyl (C=O) groups is 1. The first-order valence-electron chi connectivity index (χ1n) is 10.1. The Hall–Kier alpha value is -3.16. The van der Waals surface area contributed by atoms with Gasteiger partial charge in [-0.2, -0.15) is 4.98 Å². The quantitative estimate of drug-likeness (QED) is 0.660. The molecule has 1 amide bonds. The summed E-state index contributed by atoms with van der Waals surface area (Å²) in [7, 11) is 0. The molecule has 1 unspecified atom stereocenters. The van der Waals surface area contributed by atoms with Crippen molar-refractivity contribution in [2.24, 2.45) is 5.92 Å². The molecule has 0 aromatic carbocycles. The molecule has 1 saturated carbocycles. The monoisotopic (exact) mass is 390 g/mol. The van der Waals surface area contributed by atoms with Crippen LogP contribution in [0.2, 0.25) is 0 Å². The maximum Gasteiger partial charge on any atom is 0.291 e. The fraction of sp³-hybridized carbons (Fsp3) is 0.429. The van der Waals surface area contributed by atoms with Crippen molar-refractivity contribution < 1.29 is 9.32 Å². The number of hydrogen-bond acceptors (Lipinski definition) is 7. The second kappa shape index (κ2) is 7.35. The van der Waals surface area contributed by atoms with Crippen molar-refractivity contribution in [1.29, 1.82) is 0 Å². The molecule has 29 heavy (non-hydrogen) atoms. The summed E-state index contributed by atoms with van der Waals surface area (Å²) in [4.78, 5) is 32.1. The van der Waals surface area contributed by atoms with Gasteiger partial charge in [-0.1, -0.05) is 24.1 Å². The van der Waals surface area contributed by atoms with Crippen molar-refractivity contribution in [2.75, 3.05) is 13.1 Å². The summed E-state index contributed by atoms with van der Waals surface area (Å²) in [6.45, 7) is 1.25. The van der Waals surface area contributed by atoms with Crippen molar-refractivity contribution in [2.45, 2.75) is 37.5 Å². The lowest BCUT2D eigenvalue weighted by Gasteiger charge is -2.40. The van der Waals surface area contributed by atoms with Crippen molar-refractivity contribution in [3.63, 3.8) is 0 Å². The Labute approximate surface area is 168 Å². The van der Waals surface area contributed by atoms with Crippen molar-refractivity contribution in [3.8, 4) is 11.6 Å². The first-order chi connectivity index (χ1) is 14.2. The Morgan fingerprint density at radius 3 is 2.72 bits per heavy atom.